The summed E-state index contributed by atoms with van der Waals surface area (Å²) in [5, 5.41) is 3.48. The molecule has 0 atom stereocenters. The molecule has 0 amide bonds. The molecule has 2 heterocycles. The Hall–Kier alpha value is -2.81. The van der Waals surface area contributed by atoms with Crippen LogP contribution < -0.4 is 4.74 Å². The fraction of sp³-hybridized carbons (Fsp3) is 0.150. The van der Waals surface area contributed by atoms with Crippen LogP contribution in [0.3, 0.4) is 0 Å². The van der Waals surface area contributed by atoms with Gasteiger partial charge in [-0.05, 0) is 47.5 Å². The van der Waals surface area contributed by atoms with Crippen LogP contribution in [-0.2, 0) is 0 Å². The van der Waals surface area contributed by atoms with E-state index >= 15 is 0 Å². The van der Waals surface area contributed by atoms with E-state index in [9.17, 15) is 0 Å². The van der Waals surface area contributed by atoms with E-state index in [1.165, 1.54) is 10.9 Å². The van der Waals surface area contributed by atoms with Crippen LogP contribution in [0.15, 0.2) is 67.0 Å². The molecule has 0 aliphatic rings. The Morgan fingerprint density at radius 3 is 2.78 bits per heavy atom. The van der Waals surface area contributed by atoms with E-state index < -0.39 is 0 Å². The first-order valence-electron chi connectivity index (χ1n) is 7.94. The minimum absolute atomic E-state index is 0.742. The Balaban J connectivity index is 1.77. The summed E-state index contributed by atoms with van der Waals surface area (Å²) < 4.78 is 7.81. The van der Waals surface area contributed by atoms with Crippen molar-refractivity contribution in [3.8, 4) is 11.6 Å². The maximum Gasteiger partial charge on any atom is 0.137 e. The minimum atomic E-state index is 0.742. The number of hydrogen-bond donors (Lipinski definition) is 0. The number of benzene rings is 2. The van der Waals surface area contributed by atoms with E-state index in [2.05, 4.69) is 71.2 Å². The summed E-state index contributed by atoms with van der Waals surface area (Å²) in [6.45, 7) is 2.85. The van der Waals surface area contributed by atoms with Gasteiger partial charge in [0, 0.05) is 17.8 Å². The summed E-state index contributed by atoms with van der Waals surface area (Å²) in [6, 6.07) is 18.7. The van der Waals surface area contributed by atoms with E-state index in [4.69, 9.17) is 4.74 Å². The molecular formula is C20H18N2O. The number of hydrogen-bond acceptors (Lipinski definition) is 2. The zero-order valence-corrected chi connectivity index (χ0v) is 13.1. The van der Waals surface area contributed by atoms with Crippen LogP contribution >= 0.6 is 0 Å². The average Bonchev–Trinajstić information content (AvgIpc) is 3.03. The van der Waals surface area contributed by atoms with Gasteiger partial charge in [-0.3, -0.25) is 0 Å². The number of ether oxygens (including phenoxy) is 1. The Kier molecular flexibility index (Phi) is 3.46. The Morgan fingerprint density at radius 2 is 1.87 bits per heavy atom. The van der Waals surface area contributed by atoms with Gasteiger partial charge in [-0.15, -0.1) is 0 Å². The molecule has 0 saturated carbocycles. The number of pyridine rings is 1. The molecule has 0 fully saturated rings. The van der Waals surface area contributed by atoms with Gasteiger partial charge in [0.2, 0.25) is 0 Å². The molecule has 0 spiro atoms. The normalized spacial score (nSPS) is 11.2. The molecule has 0 unspecified atom stereocenters. The van der Waals surface area contributed by atoms with E-state index in [1.807, 2.05) is 12.3 Å². The molecule has 4 aromatic rings. The summed E-state index contributed by atoms with van der Waals surface area (Å²) in [4.78, 5) is 4.63. The largest absolute Gasteiger partial charge is 0.494 e. The molecule has 3 nitrogen and oxygen atoms in total. The highest BCUT2D eigenvalue weighted by molar-refractivity contribution is 5.86. The van der Waals surface area contributed by atoms with Gasteiger partial charge in [0.1, 0.15) is 11.6 Å². The molecule has 114 valence electrons. The van der Waals surface area contributed by atoms with Crippen molar-refractivity contribution in [1.29, 1.82) is 0 Å². The van der Waals surface area contributed by atoms with Crippen LogP contribution in [0.1, 0.15) is 13.3 Å². The number of rotatable bonds is 4. The van der Waals surface area contributed by atoms with Crippen LogP contribution in [0.25, 0.3) is 27.5 Å². The smallest absolute Gasteiger partial charge is 0.137 e. The van der Waals surface area contributed by atoms with E-state index in [1.54, 1.807) is 0 Å². The Bertz CT molecular complexity index is 972. The highest BCUT2D eigenvalue weighted by Gasteiger charge is 2.05. The van der Waals surface area contributed by atoms with Crippen molar-refractivity contribution >= 4 is 21.7 Å². The Morgan fingerprint density at radius 1 is 0.957 bits per heavy atom. The molecule has 0 aliphatic carbocycles. The topological polar surface area (TPSA) is 27.1 Å². The van der Waals surface area contributed by atoms with Crippen molar-refractivity contribution in [3.05, 3.63) is 67.0 Å². The summed E-state index contributed by atoms with van der Waals surface area (Å²) in [5.41, 5.74) is 1.17. The van der Waals surface area contributed by atoms with Crippen molar-refractivity contribution in [2.75, 3.05) is 6.61 Å². The average molecular weight is 302 g/mol. The number of nitrogens with zero attached hydrogens (tertiary/aromatic N) is 2. The minimum Gasteiger partial charge on any atom is -0.494 e. The monoisotopic (exact) mass is 302 g/mol. The second-order valence-electron chi connectivity index (χ2n) is 5.64. The first kappa shape index (κ1) is 13.8. The van der Waals surface area contributed by atoms with Crippen molar-refractivity contribution < 1.29 is 4.74 Å². The zero-order chi connectivity index (χ0) is 15.6. The zero-order valence-electron chi connectivity index (χ0n) is 13.1. The van der Waals surface area contributed by atoms with E-state index in [0.29, 0.717) is 0 Å². The standard InChI is InChI=1S/C20H18N2O/c1-2-11-23-18-8-7-16-13-20(21-14-17(16)12-18)22-10-9-15-5-3-4-6-19(15)22/h3-10,12-14H,2,11H2,1H3. The van der Waals surface area contributed by atoms with Crippen LogP contribution in [0.5, 0.6) is 5.75 Å². The lowest BCUT2D eigenvalue weighted by Crippen LogP contribution is -1.97. The van der Waals surface area contributed by atoms with Gasteiger partial charge >= 0.3 is 0 Å². The third kappa shape index (κ3) is 2.55. The molecule has 4 rings (SSSR count). The lowest BCUT2D eigenvalue weighted by molar-refractivity contribution is 0.318. The maximum atomic E-state index is 5.69. The lowest BCUT2D eigenvalue weighted by atomic mass is 10.1. The highest BCUT2D eigenvalue weighted by Crippen LogP contribution is 2.24. The fourth-order valence-corrected chi connectivity index (χ4v) is 2.83. The van der Waals surface area contributed by atoms with Crippen molar-refractivity contribution in [3.63, 3.8) is 0 Å². The van der Waals surface area contributed by atoms with Crippen LogP contribution in [0.2, 0.25) is 0 Å². The number of aromatic nitrogens is 2. The molecule has 2 aromatic carbocycles. The highest BCUT2D eigenvalue weighted by atomic mass is 16.5. The predicted octanol–water partition coefficient (Wildman–Crippen LogP) is 4.97. The molecule has 0 aliphatic heterocycles. The lowest BCUT2D eigenvalue weighted by Gasteiger charge is -2.08. The SMILES string of the molecule is CCCOc1ccc2cc(-n3ccc4ccccc43)ncc2c1. The molecule has 2 aromatic heterocycles. The summed E-state index contributed by atoms with van der Waals surface area (Å²) in [5.74, 6) is 1.83. The maximum absolute atomic E-state index is 5.69. The fourth-order valence-electron chi connectivity index (χ4n) is 2.83. The molecule has 0 radical (unpaired) electrons. The second-order valence-corrected chi connectivity index (χ2v) is 5.64. The van der Waals surface area contributed by atoms with Gasteiger partial charge in [0.25, 0.3) is 0 Å². The number of fused-ring (bicyclic) bond motifs is 2. The van der Waals surface area contributed by atoms with Crippen LogP contribution in [-0.4, -0.2) is 16.2 Å². The third-order valence-electron chi connectivity index (χ3n) is 4.00. The molecule has 23 heavy (non-hydrogen) atoms. The van der Waals surface area contributed by atoms with Crippen molar-refractivity contribution in [2.45, 2.75) is 13.3 Å². The predicted molar refractivity (Wildman–Crippen MR) is 94.4 cm³/mol. The quantitative estimate of drug-likeness (QED) is 0.532. The Labute approximate surface area is 135 Å². The number of para-hydroxylation sites is 1. The third-order valence-corrected chi connectivity index (χ3v) is 4.00. The van der Waals surface area contributed by atoms with Crippen molar-refractivity contribution in [2.24, 2.45) is 0 Å². The van der Waals surface area contributed by atoms with Gasteiger partial charge in [0.05, 0.1) is 12.1 Å². The van der Waals surface area contributed by atoms with Gasteiger partial charge in [-0.1, -0.05) is 31.2 Å². The summed E-state index contributed by atoms with van der Waals surface area (Å²) in [7, 11) is 0. The summed E-state index contributed by atoms with van der Waals surface area (Å²) >= 11 is 0. The molecular weight excluding hydrogens is 284 g/mol. The van der Waals surface area contributed by atoms with Gasteiger partial charge in [-0.25, -0.2) is 4.98 Å². The van der Waals surface area contributed by atoms with Gasteiger partial charge < -0.3 is 9.30 Å². The van der Waals surface area contributed by atoms with Crippen molar-refractivity contribution in [1.82, 2.24) is 9.55 Å². The first-order valence-corrected chi connectivity index (χ1v) is 7.94. The van der Waals surface area contributed by atoms with Gasteiger partial charge in [0.15, 0.2) is 0 Å². The summed E-state index contributed by atoms with van der Waals surface area (Å²) in [6.07, 6.45) is 4.99. The molecule has 3 heteroatoms. The molecule has 0 N–H and O–H groups in total. The second kappa shape index (κ2) is 5.76. The van der Waals surface area contributed by atoms with Crippen LogP contribution in [0, 0.1) is 0 Å². The van der Waals surface area contributed by atoms with E-state index in [0.717, 1.165) is 35.4 Å². The molecule has 0 saturated heterocycles. The van der Waals surface area contributed by atoms with E-state index in [-0.39, 0.29) is 0 Å². The molecule has 0 bridgehead atoms. The van der Waals surface area contributed by atoms with Crippen LogP contribution in [0.4, 0.5) is 0 Å². The first-order chi connectivity index (χ1) is 11.3. The van der Waals surface area contributed by atoms with Gasteiger partial charge in [-0.2, -0.15) is 0 Å².